The molecule has 1 unspecified atom stereocenters. The summed E-state index contributed by atoms with van der Waals surface area (Å²) in [5, 5.41) is -0.0312. The summed E-state index contributed by atoms with van der Waals surface area (Å²) in [6.45, 7) is 3.76. The van der Waals surface area contributed by atoms with Crippen molar-refractivity contribution < 1.29 is 9.53 Å². The molecule has 0 spiro atoms. The van der Waals surface area contributed by atoms with Crippen molar-refractivity contribution >= 4 is 22.6 Å². The van der Waals surface area contributed by atoms with Crippen molar-refractivity contribution in [2.75, 3.05) is 5.73 Å². The van der Waals surface area contributed by atoms with Crippen molar-refractivity contribution in [1.82, 2.24) is 0 Å². The van der Waals surface area contributed by atoms with Crippen LogP contribution < -0.4 is 10.5 Å². The van der Waals surface area contributed by atoms with Crippen LogP contribution in [0.5, 0.6) is 5.75 Å². The van der Waals surface area contributed by atoms with Gasteiger partial charge in [-0.25, -0.2) is 0 Å². The normalized spacial score (nSPS) is 11.9. The van der Waals surface area contributed by atoms with E-state index >= 15 is 0 Å². The van der Waals surface area contributed by atoms with Crippen LogP contribution in [-0.2, 0) is 4.79 Å². The Kier molecular flexibility index (Phi) is 4.69. The molecule has 2 aromatic carbocycles. The van der Waals surface area contributed by atoms with Gasteiger partial charge in [0.2, 0.25) is 5.12 Å². The molecule has 2 rings (SSSR count). The molecule has 4 heteroatoms. The maximum Gasteiger partial charge on any atom is 0.233 e. The van der Waals surface area contributed by atoms with E-state index in [0.717, 1.165) is 4.90 Å². The molecule has 0 saturated carbocycles. The number of ether oxygens (including phenoxy) is 1. The van der Waals surface area contributed by atoms with Gasteiger partial charge in [0, 0.05) is 16.6 Å². The zero-order valence-electron chi connectivity index (χ0n) is 11.5. The highest BCUT2D eigenvalue weighted by molar-refractivity contribution is 8.13. The molecule has 2 N–H and O–H groups in total. The van der Waals surface area contributed by atoms with Crippen LogP contribution >= 0.6 is 11.8 Å². The summed E-state index contributed by atoms with van der Waals surface area (Å²) in [7, 11) is 0. The molecule has 0 radical (unpaired) electrons. The number of thioether (sulfide) groups is 1. The second kappa shape index (κ2) is 6.48. The third kappa shape index (κ3) is 4.03. The average Bonchev–Trinajstić information content (AvgIpc) is 2.41. The second-order valence-electron chi connectivity index (χ2n) is 4.57. The smallest absolute Gasteiger partial charge is 0.233 e. The van der Waals surface area contributed by atoms with Crippen molar-refractivity contribution in [1.29, 1.82) is 0 Å². The molecule has 0 aliphatic heterocycles. The summed E-state index contributed by atoms with van der Waals surface area (Å²) in [5.41, 5.74) is 7.47. The fraction of sp³-hybridized carbons (Fsp3) is 0.188. The zero-order chi connectivity index (χ0) is 14.5. The van der Waals surface area contributed by atoms with E-state index in [1.165, 1.54) is 17.3 Å². The topological polar surface area (TPSA) is 52.3 Å². The van der Waals surface area contributed by atoms with Crippen LogP contribution in [0.15, 0.2) is 53.4 Å². The van der Waals surface area contributed by atoms with Gasteiger partial charge in [-0.3, -0.25) is 4.79 Å². The molecule has 2 aromatic rings. The van der Waals surface area contributed by atoms with Gasteiger partial charge in [-0.15, -0.1) is 0 Å². The van der Waals surface area contributed by atoms with Gasteiger partial charge >= 0.3 is 0 Å². The Morgan fingerprint density at radius 2 is 1.90 bits per heavy atom. The first-order valence-corrected chi connectivity index (χ1v) is 7.17. The minimum atomic E-state index is -0.525. The minimum absolute atomic E-state index is 0.0312. The number of hydrogen-bond acceptors (Lipinski definition) is 4. The SMILES string of the molecule is Cc1ccc(SC(=O)C(C)Oc2cccc(N)c2)cc1. The van der Waals surface area contributed by atoms with E-state index in [4.69, 9.17) is 10.5 Å². The number of rotatable bonds is 4. The lowest BCUT2D eigenvalue weighted by atomic mass is 10.2. The van der Waals surface area contributed by atoms with Gasteiger partial charge in [-0.2, -0.15) is 0 Å². The summed E-state index contributed by atoms with van der Waals surface area (Å²) < 4.78 is 5.60. The lowest BCUT2D eigenvalue weighted by Crippen LogP contribution is -2.20. The highest BCUT2D eigenvalue weighted by Gasteiger charge is 2.16. The third-order valence-corrected chi connectivity index (χ3v) is 3.78. The summed E-state index contributed by atoms with van der Waals surface area (Å²) in [6.07, 6.45) is -0.525. The standard InChI is InChI=1S/C16H17NO2S/c1-11-6-8-15(9-7-11)20-16(18)12(2)19-14-5-3-4-13(17)10-14/h3-10,12H,17H2,1-2H3. The van der Waals surface area contributed by atoms with Gasteiger partial charge in [0.15, 0.2) is 6.10 Å². The monoisotopic (exact) mass is 287 g/mol. The van der Waals surface area contributed by atoms with E-state index in [1.807, 2.05) is 31.2 Å². The van der Waals surface area contributed by atoms with Crippen molar-refractivity contribution in [3.8, 4) is 5.75 Å². The Morgan fingerprint density at radius 3 is 2.55 bits per heavy atom. The summed E-state index contributed by atoms with van der Waals surface area (Å²) in [4.78, 5) is 13.0. The predicted molar refractivity (Wildman–Crippen MR) is 83.0 cm³/mol. The number of anilines is 1. The molecular weight excluding hydrogens is 270 g/mol. The van der Waals surface area contributed by atoms with Gasteiger partial charge in [0.25, 0.3) is 0 Å². The van der Waals surface area contributed by atoms with Crippen LogP contribution in [0, 0.1) is 6.92 Å². The highest BCUT2D eigenvalue weighted by Crippen LogP contribution is 2.23. The highest BCUT2D eigenvalue weighted by atomic mass is 32.2. The van der Waals surface area contributed by atoms with Crippen LogP contribution in [0.4, 0.5) is 5.69 Å². The molecule has 0 bridgehead atoms. The van der Waals surface area contributed by atoms with Crippen LogP contribution in [0.1, 0.15) is 12.5 Å². The Bertz CT molecular complexity index is 596. The van der Waals surface area contributed by atoms with Crippen LogP contribution in [-0.4, -0.2) is 11.2 Å². The Balaban J connectivity index is 1.96. The fourth-order valence-corrected chi connectivity index (χ4v) is 2.36. The molecular formula is C16H17NO2S. The zero-order valence-corrected chi connectivity index (χ0v) is 12.3. The lowest BCUT2D eigenvalue weighted by Gasteiger charge is -2.13. The summed E-state index contributed by atoms with van der Waals surface area (Å²) in [6, 6.07) is 14.9. The van der Waals surface area contributed by atoms with Gasteiger partial charge in [0.05, 0.1) is 0 Å². The van der Waals surface area contributed by atoms with E-state index in [2.05, 4.69) is 0 Å². The van der Waals surface area contributed by atoms with Crippen LogP contribution in [0.2, 0.25) is 0 Å². The van der Waals surface area contributed by atoms with Gasteiger partial charge < -0.3 is 10.5 Å². The number of nitrogens with two attached hydrogens (primary N) is 1. The van der Waals surface area contributed by atoms with E-state index in [1.54, 1.807) is 31.2 Å². The van der Waals surface area contributed by atoms with E-state index in [9.17, 15) is 4.79 Å². The Labute approximate surface area is 123 Å². The molecule has 0 aliphatic carbocycles. The minimum Gasteiger partial charge on any atom is -0.482 e. The Morgan fingerprint density at radius 1 is 1.20 bits per heavy atom. The lowest BCUT2D eigenvalue weighted by molar-refractivity contribution is -0.116. The van der Waals surface area contributed by atoms with E-state index in [0.29, 0.717) is 11.4 Å². The first-order valence-electron chi connectivity index (χ1n) is 6.35. The maximum absolute atomic E-state index is 12.1. The molecule has 0 aromatic heterocycles. The first kappa shape index (κ1) is 14.5. The number of aryl methyl sites for hydroxylation is 1. The number of hydrogen-bond donors (Lipinski definition) is 1. The quantitative estimate of drug-likeness (QED) is 0.688. The molecule has 20 heavy (non-hydrogen) atoms. The number of carbonyl (C=O) groups is 1. The summed E-state index contributed by atoms with van der Waals surface area (Å²) in [5.74, 6) is 0.607. The van der Waals surface area contributed by atoms with Crippen LogP contribution in [0.25, 0.3) is 0 Å². The molecule has 1 atom stereocenters. The second-order valence-corrected chi connectivity index (χ2v) is 5.64. The third-order valence-electron chi connectivity index (χ3n) is 2.74. The predicted octanol–water partition coefficient (Wildman–Crippen LogP) is 3.66. The summed E-state index contributed by atoms with van der Waals surface area (Å²) >= 11 is 1.19. The number of nitrogen functional groups attached to an aromatic ring is 1. The van der Waals surface area contributed by atoms with Crippen molar-refractivity contribution in [2.24, 2.45) is 0 Å². The van der Waals surface area contributed by atoms with E-state index < -0.39 is 6.10 Å². The number of carbonyl (C=O) groups excluding carboxylic acids is 1. The molecule has 0 heterocycles. The van der Waals surface area contributed by atoms with Crippen molar-refractivity contribution in [2.45, 2.75) is 24.8 Å². The fourth-order valence-electron chi connectivity index (χ4n) is 1.65. The molecule has 0 amide bonds. The van der Waals surface area contributed by atoms with E-state index in [-0.39, 0.29) is 5.12 Å². The van der Waals surface area contributed by atoms with Crippen LogP contribution in [0.3, 0.4) is 0 Å². The Hall–Kier alpha value is -1.94. The van der Waals surface area contributed by atoms with Crippen molar-refractivity contribution in [3.05, 3.63) is 54.1 Å². The van der Waals surface area contributed by atoms with Crippen molar-refractivity contribution in [3.63, 3.8) is 0 Å². The maximum atomic E-state index is 12.1. The average molecular weight is 287 g/mol. The molecule has 3 nitrogen and oxygen atoms in total. The molecule has 104 valence electrons. The van der Waals surface area contributed by atoms with Gasteiger partial charge in [-0.05, 0) is 49.9 Å². The molecule has 0 saturated heterocycles. The molecule has 0 aliphatic rings. The largest absolute Gasteiger partial charge is 0.482 e. The van der Waals surface area contributed by atoms with Gasteiger partial charge in [-0.1, -0.05) is 23.8 Å². The molecule has 0 fully saturated rings. The van der Waals surface area contributed by atoms with Gasteiger partial charge in [0.1, 0.15) is 5.75 Å². The first-order chi connectivity index (χ1) is 9.54. The number of benzene rings is 2.